The summed E-state index contributed by atoms with van der Waals surface area (Å²) < 4.78 is 3.14. The van der Waals surface area contributed by atoms with Crippen molar-refractivity contribution in [1.82, 2.24) is 14.6 Å². The molecule has 3 heterocycles. The molecule has 5 heteroatoms. The van der Waals surface area contributed by atoms with E-state index in [-0.39, 0.29) is 0 Å². The minimum atomic E-state index is 0.711. The van der Waals surface area contributed by atoms with Crippen LogP contribution in [0.5, 0.6) is 0 Å². The van der Waals surface area contributed by atoms with Gasteiger partial charge in [0, 0.05) is 11.7 Å². The summed E-state index contributed by atoms with van der Waals surface area (Å²) in [7, 11) is 0. The van der Waals surface area contributed by atoms with Gasteiger partial charge in [-0.1, -0.05) is 12.5 Å². The highest BCUT2D eigenvalue weighted by Gasteiger charge is 2.18. The summed E-state index contributed by atoms with van der Waals surface area (Å²) in [6, 6.07) is 6.02. The molecule has 17 heavy (non-hydrogen) atoms. The Morgan fingerprint density at radius 2 is 2.29 bits per heavy atom. The Morgan fingerprint density at radius 1 is 1.35 bits per heavy atom. The maximum absolute atomic E-state index is 4.32. The smallest absolute Gasteiger partial charge is 0.161 e. The highest BCUT2D eigenvalue weighted by atomic mass is 79.9. The molecule has 2 aromatic heterocycles. The van der Waals surface area contributed by atoms with Crippen LogP contribution in [0.25, 0.3) is 5.65 Å². The van der Waals surface area contributed by atoms with Gasteiger partial charge in [-0.2, -0.15) is 11.8 Å². The number of pyridine rings is 1. The number of aromatic nitrogens is 3. The molecule has 1 unspecified atom stereocenters. The summed E-state index contributed by atoms with van der Waals surface area (Å²) in [5, 5.41) is 9.25. The molecule has 1 fully saturated rings. The third-order valence-electron chi connectivity index (χ3n) is 3.13. The Morgan fingerprint density at radius 3 is 3.12 bits per heavy atom. The van der Waals surface area contributed by atoms with Crippen molar-refractivity contribution in [3.63, 3.8) is 0 Å². The number of fused-ring (bicyclic) bond motifs is 1. The fourth-order valence-corrected chi connectivity index (χ4v) is 4.11. The summed E-state index contributed by atoms with van der Waals surface area (Å²) in [6.45, 7) is 0. The van der Waals surface area contributed by atoms with Crippen molar-refractivity contribution >= 4 is 33.3 Å². The van der Waals surface area contributed by atoms with Gasteiger partial charge < -0.3 is 0 Å². The minimum absolute atomic E-state index is 0.711. The van der Waals surface area contributed by atoms with E-state index in [0.717, 1.165) is 22.5 Å². The van der Waals surface area contributed by atoms with Crippen molar-refractivity contribution in [3.8, 4) is 0 Å². The second kappa shape index (κ2) is 4.98. The molecule has 0 saturated carbocycles. The summed E-state index contributed by atoms with van der Waals surface area (Å²) in [4.78, 5) is 0. The topological polar surface area (TPSA) is 30.2 Å². The number of hydrogen-bond donors (Lipinski definition) is 0. The molecule has 0 aromatic carbocycles. The average molecular weight is 312 g/mol. The van der Waals surface area contributed by atoms with Crippen molar-refractivity contribution in [2.75, 3.05) is 5.75 Å². The van der Waals surface area contributed by atoms with Gasteiger partial charge in [-0.05, 0) is 46.7 Å². The van der Waals surface area contributed by atoms with Crippen LogP contribution in [0, 0.1) is 0 Å². The van der Waals surface area contributed by atoms with Gasteiger partial charge in [0.15, 0.2) is 5.65 Å². The van der Waals surface area contributed by atoms with Crippen LogP contribution >= 0.6 is 27.7 Å². The maximum atomic E-state index is 4.32. The number of nitrogens with zero attached hydrogens (tertiary/aromatic N) is 3. The Bertz CT molecular complexity index is 519. The molecule has 90 valence electrons. The fourth-order valence-electron chi connectivity index (χ4n) is 2.26. The highest BCUT2D eigenvalue weighted by molar-refractivity contribution is 9.10. The lowest BCUT2D eigenvalue weighted by molar-refractivity contribution is 0.644. The van der Waals surface area contributed by atoms with E-state index >= 15 is 0 Å². The molecule has 0 amide bonds. The third kappa shape index (κ3) is 2.36. The zero-order valence-electron chi connectivity index (χ0n) is 9.47. The second-order valence-electron chi connectivity index (χ2n) is 4.35. The van der Waals surface area contributed by atoms with E-state index in [2.05, 4.69) is 42.3 Å². The molecule has 1 aliphatic rings. The summed E-state index contributed by atoms with van der Waals surface area (Å²) in [5.74, 6) is 2.37. The normalized spacial score (nSPS) is 20.9. The molecular formula is C12H14BrN3S. The predicted molar refractivity (Wildman–Crippen MR) is 74.5 cm³/mol. The first-order valence-electron chi connectivity index (χ1n) is 5.95. The molecule has 0 spiro atoms. The molecule has 1 aliphatic heterocycles. The van der Waals surface area contributed by atoms with Crippen LogP contribution in [0.4, 0.5) is 0 Å². The van der Waals surface area contributed by atoms with Gasteiger partial charge in [-0.3, -0.25) is 4.40 Å². The molecule has 3 nitrogen and oxygen atoms in total. The Hall–Kier alpha value is -0.550. The SMILES string of the molecule is Brc1cccc2nnc(CC3CCCCS3)n12. The number of hydrogen-bond acceptors (Lipinski definition) is 3. The van der Waals surface area contributed by atoms with E-state index in [4.69, 9.17) is 0 Å². The minimum Gasteiger partial charge on any atom is -0.273 e. The van der Waals surface area contributed by atoms with Crippen LogP contribution in [0.15, 0.2) is 22.8 Å². The van der Waals surface area contributed by atoms with E-state index in [1.54, 1.807) is 0 Å². The monoisotopic (exact) mass is 311 g/mol. The first kappa shape index (κ1) is 11.5. The first-order chi connectivity index (χ1) is 8.34. The number of thioether (sulfide) groups is 1. The molecule has 0 radical (unpaired) electrons. The Balaban J connectivity index is 1.89. The lowest BCUT2D eigenvalue weighted by Gasteiger charge is -2.20. The van der Waals surface area contributed by atoms with Crippen molar-refractivity contribution in [3.05, 3.63) is 28.6 Å². The molecule has 1 saturated heterocycles. The standard InChI is InChI=1S/C12H14BrN3S/c13-10-5-3-6-11-14-15-12(16(10)11)8-9-4-1-2-7-17-9/h3,5-6,9H,1-2,4,7-8H2. The molecule has 0 bridgehead atoms. The van der Waals surface area contributed by atoms with Gasteiger partial charge in [0.2, 0.25) is 0 Å². The lowest BCUT2D eigenvalue weighted by atomic mass is 10.1. The van der Waals surface area contributed by atoms with Crippen molar-refractivity contribution in [2.24, 2.45) is 0 Å². The first-order valence-corrected chi connectivity index (χ1v) is 7.79. The average Bonchev–Trinajstić information content (AvgIpc) is 2.75. The zero-order chi connectivity index (χ0) is 11.7. The maximum Gasteiger partial charge on any atom is 0.161 e. The van der Waals surface area contributed by atoms with Gasteiger partial charge in [0.1, 0.15) is 5.82 Å². The summed E-state index contributed by atoms with van der Waals surface area (Å²) in [6.07, 6.45) is 5.06. The van der Waals surface area contributed by atoms with E-state index in [1.807, 2.05) is 18.2 Å². The molecule has 2 aromatic rings. The van der Waals surface area contributed by atoms with Crippen LogP contribution < -0.4 is 0 Å². The lowest BCUT2D eigenvalue weighted by Crippen LogP contribution is -2.14. The Labute approximate surface area is 113 Å². The van der Waals surface area contributed by atoms with Crippen molar-refractivity contribution < 1.29 is 0 Å². The Kier molecular flexibility index (Phi) is 3.38. The predicted octanol–water partition coefficient (Wildman–Crippen LogP) is 3.32. The number of rotatable bonds is 2. The van der Waals surface area contributed by atoms with E-state index < -0.39 is 0 Å². The van der Waals surface area contributed by atoms with Crippen molar-refractivity contribution in [2.45, 2.75) is 30.9 Å². The van der Waals surface area contributed by atoms with Crippen molar-refractivity contribution in [1.29, 1.82) is 0 Å². The van der Waals surface area contributed by atoms with Crippen LogP contribution in [-0.2, 0) is 6.42 Å². The van der Waals surface area contributed by atoms with Gasteiger partial charge in [0.05, 0.1) is 4.60 Å². The van der Waals surface area contributed by atoms with Gasteiger partial charge in [-0.15, -0.1) is 10.2 Å². The van der Waals surface area contributed by atoms with Gasteiger partial charge in [-0.25, -0.2) is 0 Å². The molecule has 0 N–H and O–H groups in total. The third-order valence-corrected chi connectivity index (χ3v) is 5.15. The summed E-state index contributed by atoms with van der Waals surface area (Å²) >= 11 is 5.65. The number of halogens is 1. The van der Waals surface area contributed by atoms with E-state index in [1.165, 1.54) is 25.0 Å². The molecular weight excluding hydrogens is 298 g/mol. The molecule has 0 aliphatic carbocycles. The van der Waals surface area contributed by atoms with Gasteiger partial charge >= 0.3 is 0 Å². The van der Waals surface area contributed by atoms with Crippen LogP contribution in [0.1, 0.15) is 25.1 Å². The van der Waals surface area contributed by atoms with Crippen LogP contribution in [-0.4, -0.2) is 25.6 Å². The fraction of sp³-hybridized carbons (Fsp3) is 0.500. The molecule has 3 rings (SSSR count). The summed E-state index contributed by atoms with van der Waals surface area (Å²) in [5.41, 5.74) is 0.926. The van der Waals surface area contributed by atoms with E-state index in [0.29, 0.717) is 5.25 Å². The van der Waals surface area contributed by atoms with Crippen LogP contribution in [0.3, 0.4) is 0 Å². The second-order valence-corrected chi connectivity index (χ2v) is 6.57. The van der Waals surface area contributed by atoms with Gasteiger partial charge in [0.25, 0.3) is 0 Å². The van der Waals surface area contributed by atoms with Crippen LogP contribution in [0.2, 0.25) is 0 Å². The van der Waals surface area contributed by atoms with E-state index in [9.17, 15) is 0 Å². The molecule has 1 atom stereocenters. The highest BCUT2D eigenvalue weighted by Crippen LogP contribution is 2.28. The zero-order valence-corrected chi connectivity index (χ0v) is 11.9. The largest absolute Gasteiger partial charge is 0.273 e. The quantitative estimate of drug-likeness (QED) is 0.797.